The summed E-state index contributed by atoms with van der Waals surface area (Å²) < 4.78 is 27.5. The van der Waals surface area contributed by atoms with Gasteiger partial charge in [0.15, 0.2) is 0 Å². The summed E-state index contributed by atoms with van der Waals surface area (Å²) in [6, 6.07) is 1.20. The van der Waals surface area contributed by atoms with Crippen LogP contribution in [0.3, 0.4) is 0 Å². The van der Waals surface area contributed by atoms with Crippen LogP contribution >= 0.6 is 0 Å². The Morgan fingerprint density at radius 3 is 2.60 bits per heavy atom. The van der Waals surface area contributed by atoms with E-state index in [-0.39, 0.29) is 11.1 Å². The van der Waals surface area contributed by atoms with Crippen LogP contribution in [-0.2, 0) is 5.41 Å². The number of halogens is 2. The molecule has 15 heavy (non-hydrogen) atoms. The molecular formula is C12H14F2O. The minimum absolute atomic E-state index is 0.150. The zero-order chi connectivity index (χ0) is 11.4. The smallest absolute Gasteiger partial charge is 0.132 e. The highest BCUT2D eigenvalue weighted by atomic mass is 19.1. The fraction of sp³-hybridized carbons (Fsp3) is 0.500. The lowest BCUT2D eigenvalue weighted by molar-refractivity contribution is 0.158. The average molecular weight is 212 g/mol. The molecule has 0 aromatic heterocycles. The molecule has 0 heterocycles. The Balaban J connectivity index is 2.78. The number of benzene rings is 1. The van der Waals surface area contributed by atoms with Crippen LogP contribution in [0, 0.1) is 18.6 Å². The molecule has 1 aliphatic carbocycles. The van der Waals surface area contributed by atoms with Gasteiger partial charge in [-0.25, -0.2) is 8.78 Å². The standard InChI is InChI=1S/C12H14F2O/c1-6-4-7(13)10-9(11(6)14)8(15)5-12(10,2)3/h4,8,15H,5H2,1-3H3/t8-/m1/s1. The lowest BCUT2D eigenvalue weighted by atomic mass is 9.86. The molecule has 0 unspecified atom stereocenters. The van der Waals surface area contributed by atoms with Crippen LogP contribution in [0.15, 0.2) is 6.07 Å². The Hall–Kier alpha value is -0.960. The third-order valence-corrected chi connectivity index (χ3v) is 3.15. The molecule has 0 saturated carbocycles. The van der Waals surface area contributed by atoms with E-state index in [1.807, 2.05) is 13.8 Å². The molecule has 1 atom stereocenters. The molecule has 3 heteroatoms. The van der Waals surface area contributed by atoms with Gasteiger partial charge in [0.05, 0.1) is 6.10 Å². The Labute approximate surface area is 87.7 Å². The Bertz CT molecular complexity index is 424. The van der Waals surface area contributed by atoms with Crippen molar-refractivity contribution < 1.29 is 13.9 Å². The van der Waals surface area contributed by atoms with E-state index < -0.39 is 23.2 Å². The molecule has 0 fully saturated rings. The minimum Gasteiger partial charge on any atom is -0.388 e. The van der Waals surface area contributed by atoms with Gasteiger partial charge in [0.1, 0.15) is 11.6 Å². The zero-order valence-corrected chi connectivity index (χ0v) is 9.06. The molecule has 1 aromatic rings. The summed E-state index contributed by atoms with van der Waals surface area (Å²) in [4.78, 5) is 0. The zero-order valence-electron chi connectivity index (χ0n) is 9.06. The van der Waals surface area contributed by atoms with Gasteiger partial charge in [-0.15, -0.1) is 0 Å². The fourth-order valence-electron chi connectivity index (χ4n) is 2.46. The molecule has 0 aliphatic heterocycles. The Morgan fingerprint density at radius 1 is 1.40 bits per heavy atom. The second-order valence-electron chi connectivity index (χ2n) is 4.88. The minimum atomic E-state index is -0.885. The van der Waals surface area contributed by atoms with E-state index in [4.69, 9.17) is 0 Å². The number of hydrogen-bond acceptors (Lipinski definition) is 1. The van der Waals surface area contributed by atoms with Crippen molar-refractivity contribution >= 4 is 0 Å². The summed E-state index contributed by atoms with van der Waals surface area (Å²) in [6.07, 6.45) is -0.510. The SMILES string of the molecule is Cc1cc(F)c2c(c1F)[C@H](O)CC2(C)C. The highest BCUT2D eigenvalue weighted by Crippen LogP contribution is 2.47. The van der Waals surface area contributed by atoms with Gasteiger partial charge in [-0.05, 0) is 30.4 Å². The van der Waals surface area contributed by atoms with E-state index in [0.29, 0.717) is 12.0 Å². The molecule has 0 saturated heterocycles. The van der Waals surface area contributed by atoms with Gasteiger partial charge in [-0.2, -0.15) is 0 Å². The number of hydrogen-bond donors (Lipinski definition) is 1. The molecule has 0 spiro atoms. The summed E-state index contributed by atoms with van der Waals surface area (Å²) in [6.45, 7) is 5.15. The van der Waals surface area contributed by atoms with Gasteiger partial charge in [0.25, 0.3) is 0 Å². The fourth-order valence-corrected chi connectivity index (χ4v) is 2.46. The van der Waals surface area contributed by atoms with Crippen LogP contribution in [0.1, 0.15) is 43.1 Å². The monoisotopic (exact) mass is 212 g/mol. The van der Waals surface area contributed by atoms with Crippen LogP contribution in [0.25, 0.3) is 0 Å². The summed E-state index contributed by atoms with van der Waals surface area (Å²) in [5.41, 5.74) is 0.242. The molecule has 0 radical (unpaired) electrons. The van der Waals surface area contributed by atoms with E-state index >= 15 is 0 Å². The van der Waals surface area contributed by atoms with Crippen LogP contribution in [0.5, 0.6) is 0 Å². The van der Waals surface area contributed by atoms with Crippen molar-refractivity contribution in [3.8, 4) is 0 Å². The van der Waals surface area contributed by atoms with Gasteiger partial charge >= 0.3 is 0 Å². The van der Waals surface area contributed by atoms with Crippen molar-refractivity contribution in [1.82, 2.24) is 0 Å². The van der Waals surface area contributed by atoms with Gasteiger partial charge in [-0.1, -0.05) is 13.8 Å². The number of fused-ring (bicyclic) bond motifs is 1. The van der Waals surface area contributed by atoms with Gasteiger partial charge in [-0.3, -0.25) is 0 Å². The van der Waals surface area contributed by atoms with Crippen LogP contribution in [-0.4, -0.2) is 5.11 Å². The van der Waals surface area contributed by atoms with Crippen molar-refractivity contribution in [1.29, 1.82) is 0 Å². The van der Waals surface area contributed by atoms with Gasteiger partial charge < -0.3 is 5.11 Å². The van der Waals surface area contributed by atoms with Crippen molar-refractivity contribution in [2.24, 2.45) is 0 Å². The lowest BCUT2D eigenvalue weighted by Gasteiger charge is -2.19. The summed E-state index contributed by atoms with van der Waals surface area (Å²) in [5.74, 6) is -0.880. The molecular weight excluding hydrogens is 198 g/mol. The Morgan fingerprint density at radius 2 is 2.00 bits per heavy atom. The first kappa shape index (κ1) is 10.6. The molecule has 0 amide bonds. The quantitative estimate of drug-likeness (QED) is 0.701. The molecule has 1 aliphatic rings. The van der Waals surface area contributed by atoms with Crippen molar-refractivity contribution in [3.63, 3.8) is 0 Å². The molecule has 2 rings (SSSR count). The van der Waals surface area contributed by atoms with Crippen molar-refractivity contribution in [2.75, 3.05) is 0 Å². The summed E-state index contributed by atoms with van der Waals surface area (Å²) in [7, 11) is 0. The third kappa shape index (κ3) is 1.37. The topological polar surface area (TPSA) is 20.2 Å². The van der Waals surface area contributed by atoms with E-state index in [9.17, 15) is 13.9 Å². The van der Waals surface area contributed by atoms with Gasteiger partial charge in [0.2, 0.25) is 0 Å². The lowest BCUT2D eigenvalue weighted by Crippen LogP contribution is -2.14. The average Bonchev–Trinajstić information content (AvgIpc) is 2.32. The summed E-state index contributed by atoms with van der Waals surface area (Å²) in [5, 5.41) is 9.74. The maximum atomic E-state index is 13.7. The maximum Gasteiger partial charge on any atom is 0.132 e. The highest BCUT2D eigenvalue weighted by molar-refractivity contribution is 5.44. The number of aliphatic hydroxyl groups is 1. The third-order valence-electron chi connectivity index (χ3n) is 3.15. The van der Waals surface area contributed by atoms with Crippen LogP contribution in [0.2, 0.25) is 0 Å². The maximum absolute atomic E-state index is 13.7. The van der Waals surface area contributed by atoms with Crippen molar-refractivity contribution in [2.45, 2.75) is 38.7 Å². The predicted octanol–water partition coefficient (Wildman–Crippen LogP) is 2.99. The normalized spacial score (nSPS) is 22.9. The molecule has 1 aromatic carbocycles. The second kappa shape index (κ2) is 3.01. The Kier molecular flexibility index (Phi) is 2.12. The van der Waals surface area contributed by atoms with Crippen LogP contribution < -0.4 is 0 Å². The number of aliphatic hydroxyl groups excluding tert-OH is 1. The van der Waals surface area contributed by atoms with E-state index in [1.165, 1.54) is 13.0 Å². The molecule has 1 N–H and O–H groups in total. The number of rotatable bonds is 0. The highest BCUT2D eigenvalue weighted by Gasteiger charge is 2.40. The van der Waals surface area contributed by atoms with Crippen molar-refractivity contribution in [3.05, 3.63) is 34.4 Å². The molecule has 0 bridgehead atoms. The molecule has 1 nitrogen and oxygen atoms in total. The van der Waals surface area contributed by atoms with E-state index in [1.54, 1.807) is 0 Å². The first-order valence-electron chi connectivity index (χ1n) is 5.01. The largest absolute Gasteiger partial charge is 0.388 e. The van der Waals surface area contributed by atoms with Crippen LogP contribution in [0.4, 0.5) is 8.78 Å². The first-order valence-corrected chi connectivity index (χ1v) is 5.01. The second-order valence-corrected chi connectivity index (χ2v) is 4.88. The summed E-state index contributed by atoms with van der Waals surface area (Å²) >= 11 is 0. The van der Waals surface area contributed by atoms with E-state index in [0.717, 1.165) is 0 Å². The number of aryl methyl sites for hydroxylation is 1. The van der Waals surface area contributed by atoms with Gasteiger partial charge in [0, 0.05) is 11.1 Å². The first-order chi connectivity index (χ1) is 6.84. The predicted molar refractivity (Wildman–Crippen MR) is 53.7 cm³/mol. The molecule has 82 valence electrons. The van der Waals surface area contributed by atoms with E-state index in [2.05, 4.69) is 0 Å².